The van der Waals surface area contributed by atoms with Gasteiger partial charge in [0.05, 0.1) is 17.3 Å². The van der Waals surface area contributed by atoms with Crippen molar-refractivity contribution in [2.24, 2.45) is 5.10 Å². The molecule has 0 saturated carbocycles. The number of halogens is 1. The molecule has 26 heavy (non-hydrogen) atoms. The Kier molecular flexibility index (Phi) is 4.21. The molecular formula is C21H18ClN3O. The van der Waals surface area contributed by atoms with E-state index in [0.717, 1.165) is 33.3 Å². The third-order valence-electron chi connectivity index (χ3n) is 4.73. The monoisotopic (exact) mass is 363 g/mol. The van der Waals surface area contributed by atoms with Crippen LogP contribution in [-0.4, -0.2) is 21.6 Å². The number of para-hydroxylation sites is 1. The number of pyridine rings is 1. The summed E-state index contributed by atoms with van der Waals surface area (Å²) in [6.45, 7) is 3.54. The van der Waals surface area contributed by atoms with Crippen LogP contribution >= 0.6 is 11.6 Å². The fourth-order valence-electron chi connectivity index (χ4n) is 3.42. The fraction of sp³-hybridized carbons (Fsp3) is 0.190. The zero-order valence-electron chi connectivity index (χ0n) is 14.6. The number of hydrogen-bond acceptors (Lipinski definition) is 3. The van der Waals surface area contributed by atoms with Gasteiger partial charge in [-0.25, -0.2) is 9.99 Å². The molecule has 1 amide bonds. The van der Waals surface area contributed by atoms with Gasteiger partial charge in [0.15, 0.2) is 0 Å². The molecule has 0 saturated heterocycles. The lowest BCUT2D eigenvalue weighted by Gasteiger charge is -2.21. The number of rotatable bonds is 2. The minimum absolute atomic E-state index is 0.110. The zero-order valence-corrected chi connectivity index (χ0v) is 15.4. The largest absolute Gasteiger partial charge is 0.273 e. The lowest BCUT2D eigenvalue weighted by atomic mass is 9.98. The van der Waals surface area contributed by atoms with Gasteiger partial charge in [0.2, 0.25) is 5.91 Å². The number of carbonyl (C=O) groups excluding carboxylic acids is 1. The number of nitrogens with zero attached hydrogens (tertiary/aromatic N) is 3. The van der Waals surface area contributed by atoms with Gasteiger partial charge in [-0.1, -0.05) is 60.1 Å². The summed E-state index contributed by atoms with van der Waals surface area (Å²) < 4.78 is 0. The summed E-state index contributed by atoms with van der Waals surface area (Å²) in [6, 6.07) is 17.7. The first-order valence-electron chi connectivity index (χ1n) is 8.53. The number of carbonyl (C=O) groups is 1. The van der Waals surface area contributed by atoms with Crippen molar-refractivity contribution in [2.45, 2.75) is 26.3 Å². The highest BCUT2D eigenvalue weighted by molar-refractivity contribution is 6.30. The lowest BCUT2D eigenvalue weighted by molar-refractivity contribution is -0.130. The second-order valence-electron chi connectivity index (χ2n) is 6.51. The fourth-order valence-corrected chi connectivity index (χ4v) is 3.69. The van der Waals surface area contributed by atoms with Crippen LogP contribution in [0.4, 0.5) is 0 Å². The molecule has 5 heteroatoms. The van der Waals surface area contributed by atoms with Crippen molar-refractivity contribution in [1.82, 2.24) is 9.99 Å². The second kappa shape index (κ2) is 6.54. The van der Waals surface area contributed by atoms with E-state index < -0.39 is 0 Å². The molecule has 1 atom stereocenters. The molecule has 0 N–H and O–H groups in total. The molecule has 2 heterocycles. The molecule has 2 aromatic carbocycles. The summed E-state index contributed by atoms with van der Waals surface area (Å²) in [7, 11) is 0. The smallest absolute Gasteiger partial charge is 0.240 e. The predicted molar refractivity (Wildman–Crippen MR) is 104 cm³/mol. The van der Waals surface area contributed by atoms with Gasteiger partial charge in [-0.05, 0) is 24.1 Å². The number of aromatic nitrogens is 1. The van der Waals surface area contributed by atoms with Crippen molar-refractivity contribution in [3.05, 3.63) is 76.4 Å². The summed E-state index contributed by atoms with van der Waals surface area (Å²) in [5.74, 6) is -0.110. The van der Waals surface area contributed by atoms with Crippen molar-refractivity contribution in [2.75, 3.05) is 0 Å². The molecule has 0 unspecified atom stereocenters. The Hall–Kier alpha value is -2.72. The van der Waals surface area contributed by atoms with Crippen LogP contribution in [0.1, 0.15) is 36.1 Å². The molecular weight excluding hydrogens is 346 g/mol. The Morgan fingerprint density at radius 3 is 2.65 bits per heavy atom. The molecule has 0 bridgehead atoms. The van der Waals surface area contributed by atoms with E-state index in [0.29, 0.717) is 11.6 Å². The third-order valence-corrected chi connectivity index (χ3v) is 5.03. The topological polar surface area (TPSA) is 45.6 Å². The quantitative estimate of drug-likeness (QED) is 0.608. The van der Waals surface area contributed by atoms with Gasteiger partial charge < -0.3 is 0 Å². The Labute approximate surface area is 157 Å². The summed E-state index contributed by atoms with van der Waals surface area (Å²) in [4.78, 5) is 16.8. The van der Waals surface area contributed by atoms with Crippen LogP contribution in [0.25, 0.3) is 10.9 Å². The molecule has 0 spiro atoms. The average Bonchev–Trinajstić information content (AvgIpc) is 3.08. The molecule has 130 valence electrons. The summed E-state index contributed by atoms with van der Waals surface area (Å²) in [5, 5.41) is 7.53. The Bertz CT molecular complexity index is 1030. The molecule has 1 aromatic heterocycles. The van der Waals surface area contributed by atoms with Crippen molar-refractivity contribution >= 4 is 34.1 Å². The maximum atomic E-state index is 12.2. The minimum atomic E-state index is -0.243. The molecule has 0 radical (unpaired) electrons. The summed E-state index contributed by atoms with van der Waals surface area (Å²) in [6.07, 6.45) is 0.613. The first-order chi connectivity index (χ1) is 12.5. The highest BCUT2D eigenvalue weighted by Crippen LogP contribution is 2.37. The van der Waals surface area contributed by atoms with Crippen LogP contribution in [0.5, 0.6) is 0 Å². The van der Waals surface area contributed by atoms with E-state index in [9.17, 15) is 4.79 Å². The Balaban J connectivity index is 1.79. The summed E-state index contributed by atoms with van der Waals surface area (Å²) >= 11 is 6.52. The van der Waals surface area contributed by atoms with Gasteiger partial charge in [-0.3, -0.25) is 4.79 Å². The van der Waals surface area contributed by atoms with Crippen LogP contribution < -0.4 is 0 Å². The molecule has 1 aliphatic rings. The third kappa shape index (κ3) is 2.86. The molecule has 4 rings (SSSR count). The first kappa shape index (κ1) is 16.7. The van der Waals surface area contributed by atoms with Crippen molar-refractivity contribution in [3.8, 4) is 0 Å². The van der Waals surface area contributed by atoms with Crippen LogP contribution in [-0.2, 0) is 4.79 Å². The van der Waals surface area contributed by atoms with Gasteiger partial charge in [0.25, 0.3) is 0 Å². The van der Waals surface area contributed by atoms with E-state index in [1.165, 1.54) is 11.9 Å². The van der Waals surface area contributed by atoms with Crippen molar-refractivity contribution < 1.29 is 4.79 Å². The van der Waals surface area contributed by atoms with Crippen LogP contribution in [0.2, 0.25) is 5.15 Å². The number of hydrazone groups is 1. The van der Waals surface area contributed by atoms with Crippen LogP contribution in [0.3, 0.4) is 0 Å². The number of benzene rings is 2. The SMILES string of the molecule is CC(=O)N1N=C(c2ccccc2)C[C@@H]1c1cc2cccc(C)c2nc1Cl. The number of amides is 1. The molecule has 1 aliphatic heterocycles. The Morgan fingerprint density at radius 1 is 1.15 bits per heavy atom. The van der Waals surface area contributed by atoms with E-state index in [1.807, 2.05) is 61.5 Å². The molecule has 0 aliphatic carbocycles. The summed E-state index contributed by atoms with van der Waals surface area (Å²) in [5.41, 5.74) is 4.69. The second-order valence-corrected chi connectivity index (χ2v) is 6.87. The van der Waals surface area contributed by atoms with Crippen molar-refractivity contribution in [3.63, 3.8) is 0 Å². The standard InChI is InChI=1S/C21H18ClN3O/c1-13-7-6-10-16-11-17(21(22)23-20(13)16)19-12-18(24-25(19)14(2)26)15-8-4-3-5-9-15/h3-11,19H,12H2,1-2H3/t19-/m1/s1. The lowest BCUT2D eigenvalue weighted by Crippen LogP contribution is -2.24. The predicted octanol–water partition coefficient (Wildman–Crippen LogP) is 4.89. The first-order valence-corrected chi connectivity index (χ1v) is 8.91. The van der Waals surface area contributed by atoms with Crippen LogP contribution in [0.15, 0.2) is 59.7 Å². The van der Waals surface area contributed by atoms with E-state index in [4.69, 9.17) is 11.6 Å². The highest BCUT2D eigenvalue weighted by atomic mass is 35.5. The van der Waals surface area contributed by atoms with E-state index in [-0.39, 0.29) is 11.9 Å². The average molecular weight is 364 g/mol. The van der Waals surface area contributed by atoms with E-state index in [1.54, 1.807) is 0 Å². The van der Waals surface area contributed by atoms with Gasteiger partial charge in [0, 0.05) is 24.3 Å². The van der Waals surface area contributed by atoms with Gasteiger partial charge in [-0.15, -0.1) is 0 Å². The van der Waals surface area contributed by atoms with Gasteiger partial charge in [-0.2, -0.15) is 5.10 Å². The normalized spacial score (nSPS) is 16.8. The number of hydrogen-bond donors (Lipinski definition) is 0. The molecule has 3 aromatic rings. The minimum Gasteiger partial charge on any atom is -0.273 e. The van der Waals surface area contributed by atoms with E-state index >= 15 is 0 Å². The van der Waals surface area contributed by atoms with Crippen molar-refractivity contribution in [1.29, 1.82) is 0 Å². The molecule has 4 nitrogen and oxygen atoms in total. The van der Waals surface area contributed by atoms with Crippen LogP contribution in [0, 0.1) is 6.92 Å². The highest BCUT2D eigenvalue weighted by Gasteiger charge is 2.33. The number of aryl methyl sites for hydroxylation is 1. The Morgan fingerprint density at radius 2 is 1.92 bits per heavy atom. The van der Waals surface area contributed by atoms with E-state index in [2.05, 4.69) is 10.1 Å². The maximum Gasteiger partial charge on any atom is 0.240 e. The zero-order chi connectivity index (χ0) is 18.3. The van der Waals surface area contributed by atoms with Gasteiger partial charge in [0.1, 0.15) is 5.15 Å². The maximum absolute atomic E-state index is 12.2. The number of fused-ring (bicyclic) bond motifs is 1. The van der Waals surface area contributed by atoms with Gasteiger partial charge >= 0.3 is 0 Å². The molecule has 0 fully saturated rings.